The summed E-state index contributed by atoms with van der Waals surface area (Å²) in [6.45, 7) is 0.723. The highest BCUT2D eigenvalue weighted by Crippen LogP contribution is 2.30. The lowest BCUT2D eigenvalue weighted by molar-refractivity contribution is 0.0949. The third-order valence-electron chi connectivity index (χ3n) is 4.12. The fourth-order valence-electron chi connectivity index (χ4n) is 3.02. The van der Waals surface area contributed by atoms with Gasteiger partial charge in [0.25, 0.3) is 5.91 Å². The highest BCUT2D eigenvalue weighted by atomic mass is 127. The molecule has 0 heterocycles. The Hall–Kier alpha value is -1.36. The van der Waals surface area contributed by atoms with Crippen molar-refractivity contribution in [1.82, 2.24) is 5.32 Å². The summed E-state index contributed by atoms with van der Waals surface area (Å²) in [4.78, 5) is 12.3. The van der Waals surface area contributed by atoms with Crippen molar-refractivity contribution in [2.45, 2.75) is 25.2 Å². The van der Waals surface area contributed by atoms with E-state index in [1.807, 2.05) is 24.3 Å². The van der Waals surface area contributed by atoms with Gasteiger partial charge in [0.05, 0.1) is 5.56 Å². The Balaban J connectivity index is 1.69. The summed E-state index contributed by atoms with van der Waals surface area (Å²) >= 11 is 2.21. The fourth-order valence-corrected chi connectivity index (χ4v) is 3.66. The van der Waals surface area contributed by atoms with Crippen LogP contribution in [0.3, 0.4) is 0 Å². The van der Waals surface area contributed by atoms with Crippen LogP contribution in [-0.4, -0.2) is 12.5 Å². The van der Waals surface area contributed by atoms with E-state index in [4.69, 9.17) is 0 Å². The molecular formula is C18H18INO. The summed E-state index contributed by atoms with van der Waals surface area (Å²) in [7, 11) is 0. The van der Waals surface area contributed by atoms with E-state index in [0.29, 0.717) is 5.92 Å². The van der Waals surface area contributed by atoms with Crippen molar-refractivity contribution in [3.05, 3.63) is 68.8 Å². The Kier molecular flexibility index (Phi) is 4.58. The maximum Gasteiger partial charge on any atom is 0.252 e. The summed E-state index contributed by atoms with van der Waals surface area (Å²) in [5, 5.41) is 3.11. The normalized spacial score (nSPS) is 17.1. The summed E-state index contributed by atoms with van der Waals surface area (Å²) in [6.07, 6.45) is 3.53. The fraction of sp³-hybridized carbons (Fsp3) is 0.278. The van der Waals surface area contributed by atoms with Crippen molar-refractivity contribution in [2.75, 3.05) is 6.54 Å². The molecule has 108 valence electrons. The van der Waals surface area contributed by atoms with Crippen LogP contribution in [0.2, 0.25) is 0 Å². The first-order valence-corrected chi connectivity index (χ1v) is 8.44. The number of fused-ring (bicyclic) bond motifs is 1. The van der Waals surface area contributed by atoms with Crippen LogP contribution in [0.1, 0.15) is 40.2 Å². The van der Waals surface area contributed by atoms with Crippen molar-refractivity contribution >= 4 is 28.5 Å². The summed E-state index contributed by atoms with van der Waals surface area (Å²) in [5.41, 5.74) is 3.62. The van der Waals surface area contributed by atoms with Crippen molar-refractivity contribution in [1.29, 1.82) is 0 Å². The predicted octanol–water partition coefficient (Wildman–Crippen LogP) is 4.14. The molecule has 1 amide bonds. The predicted molar refractivity (Wildman–Crippen MR) is 93.6 cm³/mol. The number of benzene rings is 2. The first-order valence-electron chi connectivity index (χ1n) is 7.36. The molecule has 2 aromatic carbocycles. The molecular weight excluding hydrogens is 373 g/mol. The lowest BCUT2D eigenvalue weighted by Gasteiger charge is -2.25. The minimum absolute atomic E-state index is 0.0306. The molecule has 1 atom stereocenters. The third-order valence-corrected chi connectivity index (χ3v) is 5.06. The van der Waals surface area contributed by atoms with Crippen LogP contribution in [0.15, 0.2) is 48.5 Å². The van der Waals surface area contributed by atoms with E-state index < -0.39 is 0 Å². The van der Waals surface area contributed by atoms with Crippen molar-refractivity contribution in [2.24, 2.45) is 0 Å². The van der Waals surface area contributed by atoms with Crippen molar-refractivity contribution in [3.8, 4) is 0 Å². The van der Waals surface area contributed by atoms with E-state index >= 15 is 0 Å². The minimum Gasteiger partial charge on any atom is -0.351 e. The molecule has 21 heavy (non-hydrogen) atoms. The number of amides is 1. The van der Waals surface area contributed by atoms with E-state index in [1.54, 1.807) is 0 Å². The van der Waals surface area contributed by atoms with Gasteiger partial charge in [-0.05, 0) is 65.1 Å². The van der Waals surface area contributed by atoms with Gasteiger partial charge in [-0.3, -0.25) is 4.79 Å². The van der Waals surface area contributed by atoms with Crippen LogP contribution in [-0.2, 0) is 6.42 Å². The second kappa shape index (κ2) is 6.60. The molecule has 3 heteroatoms. The van der Waals surface area contributed by atoms with Gasteiger partial charge in [0.1, 0.15) is 0 Å². The van der Waals surface area contributed by atoms with Crippen LogP contribution in [0.5, 0.6) is 0 Å². The molecule has 0 fully saturated rings. The third kappa shape index (κ3) is 3.28. The molecule has 0 saturated heterocycles. The van der Waals surface area contributed by atoms with E-state index in [2.05, 4.69) is 52.2 Å². The van der Waals surface area contributed by atoms with Gasteiger partial charge in [-0.2, -0.15) is 0 Å². The topological polar surface area (TPSA) is 29.1 Å². The molecule has 1 N–H and O–H groups in total. The largest absolute Gasteiger partial charge is 0.351 e. The van der Waals surface area contributed by atoms with Crippen LogP contribution < -0.4 is 5.32 Å². The standard InChI is InChI=1S/C18H18INO/c19-17-11-4-3-10-16(17)18(21)20-12-14-8-5-7-13-6-1-2-9-15(13)14/h1-4,6,9-11,14H,5,7-8,12H2,(H,20,21). The zero-order valence-electron chi connectivity index (χ0n) is 11.8. The van der Waals surface area contributed by atoms with Gasteiger partial charge in [0, 0.05) is 16.0 Å². The Morgan fingerprint density at radius 1 is 1.14 bits per heavy atom. The molecule has 1 unspecified atom stereocenters. The molecule has 3 rings (SSSR count). The first-order chi connectivity index (χ1) is 10.3. The molecule has 1 aliphatic rings. The van der Waals surface area contributed by atoms with Gasteiger partial charge >= 0.3 is 0 Å². The van der Waals surface area contributed by atoms with Crippen LogP contribution >= 0.6 is 22.6 Å². The second-order valence-corrected chi connectivity index (χ2v) is 6.64. The minimum atomic E-state index is 0.0306. The van der Waals surface area contributed by atoms with Gasteiger partial charge in [-0.1, -0.05) is 36.4 Å². The van der Waals surface area contributed by atoms with Gasteiger partial charge < -0.3 is 5.32 Å². The molecule has 0 aliphatic heterocycles. The van der Waals surface area contributed by atoms with Crippen LogP contribution in [0, 0.1) is 3.57 Å². The van der Waals surface area contributed by atoms with E-state index in [-0.39, 0.29) is 5.91 Å². The van der Waals surface area contributed by atoms with E-state index in [0.717, 1.165) is 28.5 Å². The quantitative estimate of drug-likeness (QED) is 0.783. The van der Waals surface area contributed by atoms with E-state index in [1.165, 1.54) is 17.5 Å². The molecule has 1 aliphatic carbocycles. The van der Waals surface area contributed by atoms with Gasteiger partial charge in [0.2, 0.25) is 0 Å². The number of nitrogens with one attached hydrogen (secondary N) is 1. The number of rotatable bonds is 3. The monoisotopic (exact) mass is 391 g/mol. The number of halogens is 1. The van der Waals surface area contributed by atoms with Crippen LogP contribution in [0.4, 0.5) is 0 Å². The maximum atomic E-state index is 12.3. The Morgan fingerprint density at radius 3 is 2.76 bits per heavy atom. The molecule has 0 radical (unpaired) electrons. The highest BCUT2D eigenvalue weighted by Gasteiger charge is 2.20. The summed E-state index contributed by atoms with van der Waals surface area (Å²) in [6, 6.07) is 16.3. The van der Waals surface area contributed by atoms with E-state index in [9.17, 15) is 4.79 Å². The molecule has 2 aromatic rings. The average Bonchev–Trinajstić information content (AvgIpc) is 2.53. The smallest absolute Gasteiger partial charge is 0.252 e. The number of carbonyl (C=O) groups is 1. The Labute approximate surface area is 139 Å². The summed E-state index contributed by atoms with van der Waals surface area (Å²) < 4.78 is 0.997. The lowest BCUT2D eigenvalue weighted by atomic mass is 9.83. The van der Waals surface area contributed by atoms with Crippen LogP contribution in [0.25, 0.3) is 0 Å². The number of hydrogen-bond acceptors (Lipinski definition) is 1. The molecule has 0 saturated carbocycles. The number of carbonyl (C=O) groups excluding carboxylic acids is 1. The number of hydrogen-bond donors (Lipinski definition) is 1. The molecule has 0 bridgehead atoms. The Morgan fingerprint density at radius 2 is 1.90 bits per heavy atom. The molecule has 2 nitrogen and oxygen atoms in total. The molecule has 0 spiro atoms. The maximum absolute atomic E-state index is 12.3. The first kappa shape index (κ1) is 14.6. The molecule has 0 aromatic heterocycles. The second-order valence-electron chi connectivity index (χ2n) is 5.48. The summed E-state index contributed by atoms with van der Waals surface area (Å²) in [5.74, 6) is 0.475. The zero-order valence-corrected chi connectivity index (χ0v) is 14.0. The Bertz CT molecular complexity index is 653. The van der Waals surface area contributed by atoms with Crippen molar-refractivity contribution in [3.63, 3.8) is 0 Å². The van der Waals surface area contributed by atoms with Gasteiger partial charge in [0.15, 0.2) is 0 Å². The number of aryl methyl sites for hydroxylation is 1. The average molecular weight is 391 g/mol. The van der Waals surface area contributed by atoms with Gasteiger partial charge in [-0.15, -0.1) is 0 Å². The SMILES string of the molecule is O=C(NCC1CCCc2ccccc21)c1ccccc1I. The zero-order chi connectivity index (χ0) is 14.7. The van der Waals surface area contributed by atoms with Crippen molar-refractivity contribution < 1.29 is 4.79 Å². The van der Waals surface area contributed by atoms with Gasteiger partial charge in [-0.25, -0.2) is 0 Å². The highest BCUT2D eigenvalue weighted by molar-refractivity contribution is 14.1. The lowest BCUT2D eigenvalue weighted by Crippen LogP contribution is -2.30.